The van der Waals surface area contributed by atoms with Crippen molar-refractivity contribution in [3.05, 3.63) is 28.2 Å². The Morgan fingerprint density at radius 3 is 2.76 bits per heavy atom. The van der Waals surface area contributed by atoms with Gasteiger partial charge in [-0.15, -0.1) is 0 Å². The van der Waals surface area contributed by atoms with E-state index in [0.29, 0.717) is 0 Å². The molecule has 0 spiro atoms. The summed E-state index contributed by atoms with van der Waals surface area (Å²) < 4.78 is 1.85. The molecule has 17 heavy (non-hydrogen) atoms. The van der Waals surface area contributed by atoms with E-state index in [2.05, 4.69) is 32.7 Å². The summed E-state index contributed by atoms with van der Waals surface area (Å²) in [4.78, 5) is 14.3. The number of nitrogens with zero attached hydrogens (tertiary/aromatic N) is 2. The van der Waals surface area contributed by atoms with Crippen LogP contribution < -0.4 is 10.5 Å². The summed E-state index contributed by atoms with van der Waals surface area (Å²) in [6.45, 7) is 8.36. The van der Waals surface area contributed by atoms with Crippen LogP contribution in [0.25, 0.3) is 0 Å². The number of aromatic nitrogens is 1. The van der Waals surface area contributed by atoms with Gasteiger partial charge in [0.05, 0.1) is 5.69 Å². The molecule has 0 amide bonds. The topological polar surface area (TPSA) is 25.2 Å². The molecule has 2 heterocycles. The van der Waals surface area contributed by atoms with Gasteiger partial charge in [0.1, 0.15) is 0 Å². The van der Waals surface area contributed by atoms with Gasteiger partial charge >= 0.3 is 0 Å². The molecule has 2 rings (SSSR count). The number of unbranched alkanes of at least 4 members (excludes halogenated alkanes) is 1. The average Bonchev–Trinajstić information content (AvgIpc) is 2.46. The van der Waals surface area contributed by atoms with Gasteiger partial charge in [-0.1, -0.05) is 27.2 Å². The summed E-state index contributed by atoms with van der Waals surface area (Å²) in [7, 11) is 2.10. The van der Waals surface area contributed by atoms with E-state index in [4.69, 9.17) is 0 Å². The molecule has 1 aromatic rings. The molecule has 0 N–H and O–H groups in total. The molecule has 0 unspecified atom stereocenters. The fourth-order valence-corrected chi connectivity index (χ4v) is 2.67. The minimum atomic E-state index is 0.0904. The van der Waals surface area contributed by atoms with E-state index >= 15 is 0 Å². The first-order valence-corrected chi connectivity index (χ1v) is 6.42. The first-order chi connectivity index (χ1) is 7.95. The second-order valence-electron chi connectivity index (χ2n) is 5.70. The molecule has 1 aliphatic heterocycles. The maximum Gasteiger partial charge on any atom is 0.250 e. The Morgan fingerprint density at radius 1 is 1.41 bits per heavy atom. The van der Waals surface area contributed by atoms with Crippen LogP contribution >= 0.6 is 0 Å². The molecular formula is C14H22N2O. The summed E-state index contributed by atoms with van der Waals surface area (Å²) in [5.41, 5.74) is 2.64. The molecule has 0 saturated carbocycles. The molecule has 0 aromatic carbocycles. The van der Waals surface area contributed by atoms with Gasteiger partial charge in [0, 0.05) is 37.8 Å². The Labute approximate surface area is 103 Å². The number of likely N-dealkylation sites (N-methyl/N-ethyl adjacent to an activating group) is 1. The Hall–Kier alpha value is -1.25. The zero-order valence-corrected chi connectivity index (χ0v) is 11.3. The standard InChI is InChI=1S/C14H22N2O/c1-5-6-7-16-9-12-11(8-13(16)17)14(2,3)10-15(12)4/h8-9H,5-7,10H2,1-4H3. The molecule has 3 nitrogen and oxygen atoms in total. The monoisotopic (exact) mass is 234 g/mol. The van der Waals surface area contributed by atoms with Crippen LogP contribution in [0.1, 0.15) is 39.2 Å². The number of hydrogen-bond donors (Lipinski definition) is 0. The number of aryl methyl sites for hydroxylation is 1. The van der Waals surface area contributed by atoms with Gasteiger partial charge in [0.25, 0.3) is 5.56 Å². The van der Waals surface area contributed by atoms with E-state index in [9.17, 15) is 4.79 Å². The smallest absolute Gasteiger partial charge is 0.250 e. The van der Waals surface area contributed by atoms with E-state index < -0.39 is 0 Å². The zero-order valence-electron chi connectivity index (χ0n) is 11.3. The van der Waals surface area contributed by atoms with Gasteiger partial charge < -0.3 is 9.47 Å². The summed E-state index contributed by atoms with van der Waals surface area (Å²) in [6.07, 6.45) is 4.21. The summed E-state index contributed by atoms with van der Waals surface area (Å²) in [5.74, 6) is 0. The van der Waals surface area contributed by atoms with Crippen molar-refractivity contribution in [2.75, 3.05) is 18.5 Å². The second-order valence-corrected chi connectivity index (χ2v) is 5.70. The third-order valence-electron chi connectivity index (χ3n) is 3.63. The predicted molar refractivity (Wildman–Crippen MR) is 71.9 cm³/mol. The van der Waals surface area contributed by atoms with Crippen molar-refractivity contribution in [2.24, 2.45) is 0 Å². The Balaban J connectivity index is 2.44. The molecule has 94 valence electrons. The van der Waals surface area contributed by atoms with Gasteiger partial charge in [-0.25, -0.2) is 0 Å². The minimum Gasteiger partial charge on any atom is -0.372 e. The van der Waals surface area contributed by atoms with Crippen molar-refractivity contribution in [3.63, 3.8) is 0 Å². The highest BCUT2D eigenvalue weighted by Crippen LogP contribution is 2.38. The van der Waals surface area contributed by atoms with Crippen LogP contribution in [0.5, 0.6) is 0 Å². The average molecular weight is 234 g/mol. The summed E-state index contributed by atoms with van der Waals surface area (Å²) >= 11 is 0. The van der Waals surface area contributed by atoms with E-state index in [-0.39, 0.29) is 11.0 Å². The molecule has 1 aromatic heterocycles. The largest absolute Gasteiger partial charge is 0.372 e. The molecule has 0 radical (unpaired) electrons. The maximum absolute atomic E-state index is 12.0. The van der Waals surface area contributed by atoms with Gasteiger partial charge in [0.2, 0.25) is 0 Å². The lowest BCUT2D eigenvalue weighted by atomic mass is 9.87. The van der Waals surface area contributed by atoms with Crippen LogP contribution in [-0.4, -0.2) is 18.2 Å². The highest BCUT2D eigenvalue weighted by Gasteiger charge is 2.34. The molecule has 1 aliphatic rings. The Morgan fingerprint density at radius 2 is 2.12 bits per heavy atom. The predicted octanol–water partition coefficient (Wildman–Crippen LogP) is 2.38. The lowest BCUT2D eigenvalue weighted by Crippen LogP contribution is -2.25. The third-order valence-corrected chi connectivity index (χ3v) is 3.63. The minimum absolute atomic E-state index is 0.0904. The SMILES string of the molecule is CCCCn1cc2c(cc1=O)C(C)(C)CN2C. The summed E-state index contributed by atoms with van der Waals surface area (Å²) in [5, 5.41) is 0. The van der Waals surface area contributed by atoms with E-state index in [1.807, 2.05) is 16.8 Å². The van der Waals surface area contributed by atoms with E-state index in [1.165, 1.54) is 11.3 Å². The number of rotatable bonds is 3. The van der Waals surface area contributed by atoms with Gasteiger partial charge in [-0.05, 0) is 12.0 Å². The molecule has 0 atom stereocenters. The quantitative estimate of drug-likeness (QED) is 0.802. The Kier molecular flexibility index (Phi) is 3.02. The van der Waals surface area contributed by atoms with Gasteiger partial charge in [0.15, 0.2) is 0 Å². The van der Waals surface area contributed by atoms with Crippen LogP contribution in [0.15, 0.2) is 17.1 Å². The molecule has 0 aliphatic carbocycles. The first kappa shape index (κ1) is 12.2. The summed E-state index contributed by atoms with van der Waals surface area (Å²) in [6, 6.07) is 1.83. The maximum atomic E-state index is 12.0. The van der Waals surface area contributed by atoms with Crippen molar-refractivity contribution >= 4 is 5.69 Å². The van der Waals surface area contributed by atoms with Crippen LogP contribution in [0.2, 0.25) is 0 Å². The molecule has 0 bridgehead atoms. The van der Waals surface area contributed by atoms with Gasteiger partial charge in [-0.3, -0.25) is 4.79 Å². The highest BCUT2D eigenvalue weighted by atomic mass is 16.1. The van der Waals surface area contributed by atoms with Crippen LogP contribution in [0, 0.1) is 0 Å². The van der Waals surface area contributed by atoms with Crippen LogP contribution in [-0.2, 0) is 12.0 Å². The van der Waals surface area contributed by atoms with Crippen molar-refractivity contribution in [2.45, 2.75) is 45.6 Å². The number of pyridine rings is 1. The molecule has 0 fully saturated rings. The normalized spacial score (nSPS) is 17.3. The van der Waals surface area contributed by atoms with Crippen LogP contribution in [0.4, 0.5) is 5.69 Å². The zero-order chi connectivity index (χ0) is 12.6. The molecule has 3 heteroatoms. The molecule has 0 saturated heterocycles. The van der Waals surface area contributed by atoms with E-state index in [0.717, 1.165) is 25.9 Å². The highest BCUT2D eigenvalue weighted by molar-refractivity contribution is 5.60. The Bertz CT molecular complexity index is 474. The van der Waals surface area contributed by atoms with Gasteiger partial charge in [-0.2, -0.15) is 0 Å². The lowest BCUT2D eigenvalue weighted by molar-refractivity contribution is 0.560. The second kappa shape index (κ2) is 4.21. The first-order valence-electron chi connectivity index (χ1n) is 6.42. The van der Waals surface area contributed by atoms with Crippen molar-refractivity contribution in [1.82, 2.24) is 4.57 Å². The lowest BCUT2D eigenvalue weighted by Gasteiger charge is -2.18. The fourth-order valence-electron chi connectivity index (χ4n) is 2.67. The number of hydrogen-bond acceptors (Lipinski definition) is 2. The molecular weight excluding hydrogens is 212 g/mol. The van der Waals surface area contributed by atoms with Crippen LogP contribution in [0.3, 0.4) is 0 Å². The number of fused-ring (bicyclic) bond motifs is 1. The van der Waals surface area contributed by atoms with E-state index in [1.54, 1.807) is 0 Å². The van der Waals surface area contributed by atoms with Crippen molar-refractivity contribution < 1.29 is 0 Å². The van der Waals surface area contributed by atoms with Crippen molar-refractivity contribution in [3.8, 4) is 0 Å². The fraction of sp³-hybridized carbons (Fsp3) is 0.643. The third kappa shape index (κ3) is 2.11. The number of anilines is 1. The van der Waals surface area contributed by atoms with Crippen molar-refractivity contribution in [1.29, 1.82) is 0 Å².